The first-order valence-electron chi connectivity index (χ1n) is 8.74. The number of benzene rings is 2. The van der Waals surface area contributed by atoms with Crippen molar-refractivity contribution in [1.29, 1.82) is 0 Å². The quantitative estimate of drug-likeness (QED) is 0.662. The zero-order valence-electron chi connectivity index (χ0n) is 15.8. The van der Waals surface area contributed by atoms with Gasteiger partial charge in [0.2, 0.25) is 0 Å². The highest BCUT2D eigenvalue weighted by atomic mass is 16.6. The normalized spacial score (nSPS) is 11.2. The van der Waals surface area contributed by atoms with Crippen LogP contribution in [-0.4, -0.2) is 44.2 Å². The molecule has 0 spiro atoms. The molecule has 0 heterocycles. The number of ether oxygens (including phenoxy) is 3. The Balaban J connectivity index is 1.79. The molecule has 2 aromatic carbocycles. The van der Waals surface area contributed by atoms with Gasteiger partial charge in [0.05, 0.1) is 7.11 Å². The molecule has 0 aliphatic rings. The third kappa shape index (κ3) is 7.11. The van der Waals surface area contributed by atoms with Crippen LogP contribution in [0.3, 0.4) is 0 Å². The fraction of sp³-hybridized carbons (Fsp3) is 0.286. The van der Waals surface area contributed by atoms with E-state index in [-0.39, 0.29) is 13.0 Å². The van der Waals surface area contributed by atoms with E-state index >= 15 is 0 Å². The summed E-state index contributed by atoms with van der Waals surface area (Å²) in [6.07, 6.45) is 0.268. The van der Waals surface area contributed by atoms with E-state index in [0.29, 0.717) is 5.75 Å². The zero-order chi connectivity index (χ0) is 20.4. The molecule has 2 aromatic rings. The highest BCUT2D eigenvalue weighted by Gasteiger charge is 2.22. The summed E-state index contributed by atoms with van der Waals surface area (Å²) < 4.78 is 14.9. The lowest BCUT2D eigenvalue weighted by molar-refractivity contribution is -0.151. The van der Waals surface area contributed by atoms with Crippen LogP contribution in [-0.2, 0) is 30.3 Å². The van der Waals surface area contributed by atoms with Crippen LogP contribution in [0.5, 0.6) is 5.75 Å². The fourth-order valence-corrected chi connectivity index (χ4v) is 2.46. The summed E-state index contributed by atoms with van der Waals surface area (Å²) in [5.41, 5.74) is 1.86. The second-order valence-electron chi connectivity index (χ2n) is 6.10. The van der Waals surface area contributed by atoms with E-state index in [4.69, 9.17) is 14.2 Å². The lowest BCUT2D eigenvalue weighted by atomic mass is 10.1. The Morgan fingerprint density at radius 3 is 2.43 bits per heavy atom. The number of esters is 2. The van der Waals surface area contributed by atoms with Crippen molar-refractivity contribution in [1.82, 2.24) is 5.32 Å². The first-order valence-corrected chi connectivity index (χ1v) is 8.74. The predicted octanol–water partition coefficient (Wildman–Crippen LogP) is 1.82. The average Bonchev–Trinajstić information content (AvgIpc) is 2.70. The summed E-state index contributed by atoms with van der Waals surface area (Å²) in [7, 11) is 1.25. The van der Waals surface area contributed by atoms with Gasteiger partial charge < -0.3 is 19.5 Å². The van der Waals surface area contributed by atoms with E-state index in [2.05, 4.69) is 5.32 Å². The molecule has 0 aromatic heterocycles. The molecule has 1 amide bonds. The van der Waals surface area contributed by atoms with Crippen LogP contribution >= 0.6 is 0 Å². The molecule has 0 fully saturated rings. The van der Waals surface area contributed by atoms with Crippen LogP contribution in [0, 0.1) is 6.92 Å². The topological polar surface area (TPSA) is 90.9 Å². The largest absolute Gasteiger partial charge is 0.482 e. The number of hydrogen-bond donors (Lipinski definition) is 1. The molecule has 0 aliphatic heterocycles. The number of carbonyl (C=O) groups is 3. The molecule has 7 nitrogen and oxygen atoms in total. The number of nitrogens with one attached hydrogen (secondary N) is 1. The van der Waals surface area contributed by atoms with E-state index in [9.17, 15) is 14.4 Å². The smallest absolute Gasteiger partial charge is 0.344 e. The van der Waals surface area contributed by atoms with Crippen molar-refractivity contribution in [3.63, 3.8) is 0 Å². The molecule has 0 saturated carbocycles. The number of amides is 1. The maximum Gasteiger partial charge on any atom is 0.344 e. The minimum absolute atomic E-state index is 0.268. The SMILES string of the molecule is COC(=O)C(Cc1ccccc1)NC(=O)COC(=O)COc1cccc(C)c1. The van der Waals surface area contributed by atoms with Crippen LogP contribution in [0.4, 0.5) is 0 Å². The van der Waals surface area contributed by atoms with E-state index in [1.54, 1.807) is 12.1 Å². The fourth-order valence-electron chi connectivity index (χ4n) is 2.46. The van der Waals surface area contributed by atoms with Crippen molar-refractivity contribution in [2.24, 2.45) is 0 Å². The molecule has 0 radical (unpaired) electrons. The first kappa shape index (κ1) is 21.0. The maximum absolute atomic E-state index is 12.1. The monoisotopic (exact) mass is 385 g/mol. The van der Waals surface area contributed by atoms with Gasteiger partial charge >= 0.3 is 11.9 Å². The molecule has 0 bridgehead atoms. The lowest BCUT2D eigenvalue weighted by Gasteiger charge is -2.16. The summed E-state index contributed by atoms with van der Waals surface area (Å²) >= 11 is 0. The second kappa shape index (κ2) is 10.7. The predicted molar refractivity (Wildman–Crippen MR) is 102 cm³/mol. The molecule has 7 heteroatoms. The van der Waals surface area contributed by atoms with Crippen LogP contribution < -0.4 is 10.1 Å². The average molecular weight is 385 g/mol. The number of methoxy groups -OCH3 is 1. The van der Waals surface area contributed by atoms with Crippen molar-refractivity contribution in [3.05, 3.63) is 65.7 Å². The number of carbonyl (C=O) groups excluding carboxylic acids is 3. The summed E-state index contributed by atoms with van der Waals surface area (Å²) in [6, 6.07) is 15.5. The molecule has 0 aliphatic carbocycles. The van der Waals surface area contributed by atoms with Gasteiger partial charge in [0.25, 0.3) is 5.91 Å². The third-order valence-electron chi connectivity index (χ3n) is 3.81. The van der Waals surface area contributed by atoms with Crippen molar-refractivity contribution in [2.45, 2.75) is 19.4 Å². The van der Waals surface area contributed by atoms with Crippen molar-refractivity contribution in [3.8, 4) is 5.75 Å². The molecule has 148 valence electrons. The van der Waals surface area contributed by atoms with Gasteiger partial charge in [-0.3, -0.25) is 4.79 Å². The van der Waals surface area contributed by atoms with Crippen LogP contribution in [0.2, 0.25) is 0 Å². The number of rotatable bonds is 9. The number of aryl methyl sites for hydroxylation is 1. The van der Waals surface area contributed by atoms with Gasteiger partial charge in [0.15, 0.2) is 13.2 Å². The van der Waals surface area contributed by atoms with Gasteiger partial charge in [0.1, 0.15) is 11.8 Å². The Hall–Kier alpha value is -3.35. The van der Waals surface area contributed by atoms with Gasteiger partial charge in [-0.15, -0.1) is 0 Å². The highest BCUT2D eigenvalue weighted by Crippen LogP contribution is 2.12. The lowest BCUT2D eigenvalue weighted by Crippen LogP contribution is -2.44. The molecule has 1 atom stereocenters. The van der Waals surface area contributed by atoms with E-state index < -0.39 is 30.5 Å². The Bertz CT molecular complexity index is 806. The Morgan fingerprint density at radius 1 is 1.00 bits per heavy atom. The molecule has 1 unspecified atom stereocenters. The van der Waals surface area contributed by atoms with Gasteiger partial charge in [-0.2, -0.15) is 0 Å². The molecule has 2 rings (SSSR count). The molecular formula is C21H23NO6. The standard InChI is InChI=1S/C21H23NO6/c1-15-7-6-10-17(11-15)27-14-20(24)28-13-19(23)22-18(21(25)26-2)12-16-8-4-3-5-9-16/h3-11,18H,12-14H2,1-2H3,(H,22,23). The third-order valence-corrected chi connectivity index (χ3v) is 3.81. The van der Waals surface area contributed by atoms with E-state index in [1.807, 2.05) is 49.4 Å². The summed E-state index contributed by atoms with van der Waals surface area (Å²) in [4.78, 5) is 35.7. The van der Waals surface area contributed by atoms with Crippen molar-refractivity contribution >= 4 is 17.8 Å². The minimum Gasteiger partial charge on any atom is -0.482 e. The van der Waals surface area contributed by atoms with Gasteiger partial charge in [-0.05, 0) is 30.2 Å². The Morgan fingerprint density at radius 2 is 1.75 bits per heavy atom. The molecule has 1 N–H and O–H groups in total. The van der Waals surface area contributed by atoms with Crippen LogP contribution in [0.15, 0.2) is 54.6 Å². The summed E-state index contributed by atoms with van der Waals surface area (Å²) in [5, 5.41) is 2.52. The Kier molecular flexibility index (Phi) is 8.02. The maximum atomic E-state index is 12.1. The first-order chi connectivity index (χ1) is 13.5. The number of hydrogen-bond acceptors (Lipinski definition) is 6. The molecule has 0 saturated heterocycles. The van der Waals surface area contributed by atoms with Gasteiger partial charge in [0, 0.05) is 6.42 Å². The second-order valence-corrected chi connectivity index (χ2v) is 6.10. The summed E-state index contributed by atoms with van der Waals surface area (Å²) in [6.45, 7) is 1.07. The van der Waals surface area contributed by atoms with Crippen molar-refractivity contribution in [2.75, 3.05) is 20.3 Å². The molecule has 28 heavy (non-hydrogen) atoms. The van der Waals surface area contributed by atoms with E-state index in [0.717, 1.165) is 11.1 Å². The van der Waals surface area contributed by atoms with Gasteiger partial charge in [-0.25, -0.2) is 9.59 Å². The molecular weight excluding hydrogens is 362 g/mol. The highest BCUT2D eigenvalue weighted by molar-refractivity contribution is 5.86. The zero-order valence-corrected chi connectivity index (χ0v) is 15.8. The minimum atomic E-state index is -0.873. The summed E-state index contributed by atoms with van der Waals surface area (Å²) in [5.74, 6) is -1.33. The van der Waals surface area contributed by atoms with Gasteiger partial charge in [-0.1, -0.05) is 42.5 Å². The van der Waals surface area contributed by atoms with E-state index in [1.165, 1.54) is 7.11 Å². The Labute approximate surface area is 163 Å². The van der Waals surface area contributed by atoms with Crippen LogP contribution in [0.1, 0.15) is 11.1 Å². The van der Waals surface area contributed by atoms with Crippen LogP contribution in [0.25, 0.3) is 0 Å². The van der Waals surface area contributed by atoms with Crippen molar-refractivity contribution < 1.29 is 28.6 Å².